The normalized spacial score (nSPS) is 14.0. The Morgan fingerprint density at radius 3 is 2.55 bits per heavy atom. The predicted molar refractivity (Wildman–Crippen MR) is 85.3 cm³/mol. The van der Waals surface area contributed by atoms with E-state index in [2.05, 4.69) is 19.1 Å². The third kappa shape index (κ3) is 3.84. The van der Waals surface area contributed by atoms with E-state index in [-0.39, 0.29) is 17.1 Å². The fourth-order valence-corrected chi connectivity index (χ4v) is 3.51. The van der Waals surface area contributed by atoms with Crippen LogP contribution in [0.15, 0.2) is 48.5 Å². The average Bonchev–Trinajstić information content (AvgIpc) is 2.41. The average molecular weight is 289 g/mol. The van der Waals surface area contributed by atoms with Crippen LogP contribution in [0.1, 0.15) is 28.9 Å². The summed E-state index contributed by atoms with van der Waals surface area (Å²) in [6.07, 6.45) is 0. The summed E-state index contributed by atoms with van der Waals surface area (Å²) in [6.45, 7) is 4.08. The maximum Gasteiger partial charge on any atom is 0.123 e. The molecule has 0 spiro atoms. The number of hydrogen-bond acceptors (Lipinski definition) is 2. The van der Waals surface area contributed by atoms with Crippen molar-refractivity contribution < 1.29 is 4.39 Å². The van der Waals surface area contributed by atoms with Crippen molar-refractivity contribution in [3.8, 4) is 0 Å². The van der Waals surface area contributed by atoms with Crippen molar-refractivity contribution in [2.45, 2.75) is 30.9 Å². The summed E-state index contributed by atoms with van der Waals surface area (Å²) >= 11 is 1.77. The molecule has 0 heterocycles. The third-order valence-corrected chi connectivity index (χ3v) is 4.87. The SMILES string of the molecule is Cc1ccccc1CSC(c1cccc(F)c1)C(C)N. The van der Waals surface area contributed by atoms with E-state index in [1.807, 2.05) is 25.1 Å². The summed E-state index contributed by atoms with van der Waals surface area (Å²) in [5.74, 6) is 0.680. The summed E-state index contributed by atoms with van der Waals surface area (Å²) in [4.78, 5) is 0. The molecule has 0 aromatic heterocycles. The Balaban J connectivity index is 2.13. The second-order valence-corrected chi connectivity index (χ2v) is 6.20. The Morgan fingerprint density at radius 2 is 1.90 bits per heavy atom. The van der Waals surface area contributed by atoms with Gasteiger partial charge in [-0.15, -0.1) is 11.8 Å². The molecule has 2 atom stereocenters. The van der Waals surface area contributed by atoms with Gasteiger partial charge in [0.2, 0.25) is 0 Å². The number of nitrogens with two attached hydrogens (primary N) is 1. The molecule has 2 aromatic carbocycles. The summed E-state index contributed by atoms with van der Waals surface area (Å²) < 4.78 is 13.4. The van der Waals surface area contributed by atoms with Gasteiger partial charge in [0, 0.05) is 17.0 Å². The number of rotatable bonds is 5. The zero-order valence-corrected chi connectivity index (χ0v) is 12.7. The van der Waals surface area contributed by atoms with Crippen molar-refractivity contribution in [2.24, 2.45) is 5.73 Å². The van der Waals surface area contributed by atoms with Gasteiger partial charge >= 0.3 is 0 Å². The maximum atomic E-state index is 13.4. The van der Waals surface area contributed by atoms with Crippen LogP contribution in [0.3, 0.4) is 0 Å². The highest BCUT2D eigenvalue weighted by Crippen LogP contribution is 2.34. The van der Waals surface area contributed by atoms with Crippen LogP contribution in [-0.2, 0) is 5.75 Å². The lowest BCUT2D eigenvalue weighted by molar-refractivity contribution is 0.622. The summed E-state index contributed by atoms with van der Waals surface area (Å²) in [5.41, 5.74) is 9.62. The number of benzene rings is 2. The predicted octanol–water partition coefficient (Wildman–Crippen LogP) is 4.46. The van der Waals surface area contributed by atoms with E-state index in [0.717, 1.165) is 11.3 Å². The second-order valence-electron chi connectivity index (χ2n) is 5.07. The molecular formula is C17H20FNS. The van der Waals surface area contributed by atoms with Gasteiger partial charge < -0.3 is 5.73 Å². The Labute approximate surface area is 124 Å². The van der Waals surface area contributed by atoms with E-state index in [1.165, 1.54) is 17.2 Å². The minimum absolute atomic E-state index is 0.0224. The molecule has 2 rings (SSSR count). The van der Waals surface area contributed by atoms with E-state index in [1.54, 1.807) is 23.9 Å². The molecule has 0 amide bonds. The van der Waals surface area contributed by atoms with Crippen molar-refractivity contribution in [3.63, 3.8) is 0 Å². The number of halogens is 1. The van der Waals surface area contributed by atoms with Gasteiger partial charge in [-0.3, -0.25) is 0 Å². The smallest absolute Gasteiger partial charge is 0.123 e. The van der Waals surface area contributed by atoms with Crippen molar-refractivity contribution in [3.05, 3.63) is 71.0 Å². The first-order valence-electron chi connectivity index (χ1n) is 6.75. The zero-order valence-electron chi connectivity index (χ0n) is 11.8. The number of hydrogen-bond donors (Lipinski definition) is 1. The molecule has 0 fully saturated rings. The topological polar surface area (TPSA) is 26.0 Å². The van der Waals surface area contributed by atoms with E-state index in [9.17, 15) is 4.39 Å². The van der Waals surface area contributed by atoms with Gasteiger partial charge in [-0.1, -0.05) is 36.4 Å². The van der Waals surface area contributed by atoms with Crippen LogP contribution < -0.4 is 5.73 Å². The largest absolute Gasteiger partial charge is 0.327 e. The minimum atomic E-state index is -0.204. The first-order valence-corrected chi connectivity index (χ1v) is 7.80. The van der Waals surface area contributed by atoms with Crippen LogP contribution >= 0.6 is 11.8 Å². The third-order valence-electron chi connectivity index (χ3n) is 3.33. The minimum Gasteiger partial charge on any atom is -0.327 e. The molecule has 20 heavy (non-hydrogen) atoms. The molecule has 0 bridgehead atoms. The Hall–Kier alpha value is -1.32. The summed E-state index contributed by atoms with van der Waals surface area (Å²) in [5, 5.41) is 0.102. The standard InChI is InChI=1S/C17H20FNS/c1-12-6-3-4-7-15(12)11-20-17(13(2)19)14-8-5-9-16(18)10-14/h3-10,13,17H,11,19H2,1-2H3. The molecule has 1 nitrogen and oxygen atoms in total. The van der Waals surface area contributed by atoms with Crippen molar-refractivity contribution in [1.29, 1.82) is 0 Å². The molecule has 3 heteroatoms. The Morgan fingerprint density at radius 1 is 1.15 bits per heavy atom. The van der Waals surface area contributed by atoms with Crippen molar-refractivity contribution >= 4 is 11.8 Å². The quantitative estimate of drug-likeness (QED) is 0.879. The fraction of sp³-hybridized carbons (Fsp3) is 0.294. The molecule has 2 aromatic rings. The molecule has 0 saturated heterocycles. The highest BCUT2D eigenvalue weighted by atomic mass is 32.2. The van der Waals surface area contributed by atoms with Gasteiger partial charge in [0.25, 0.3) is 0 Å². The van der Waals surface area contributed by atoms with Gasteiger partial charge in [-0.25, -0.2) is 4.39 Å². The van der Waals surface area contributed by atoms with Gasteiger partial charge in [0.15, 0.2) is 0 Å². The van der Waals surface area contributed by atoms with Crippen molar-refractivity contribution in [1.82, 2.24) is 0 Å². The first-order chi connectivity index (χ1) is 9.58. The van der Waals surface area contributed by atoms with Crippen LogP contribution in [0.5, 0.6) is 0 Å². The Bertz CT molecular complexity index is 568. The second kappa shape index (κ2) is 6.91. The van der Waals surface area contributed by atoms with Gasteiger partial charge in [-0.05, 0) is 42.7 Å². The molecule has 2 unspecified atom stereocenters. The van der Waals surface area contributed by atoms with E-state index in [0.29, 0.717) is 0 Å². The number of aryl methyl sites for hydroxylation is 1. The monoisotopic (exact) mass is 289 g/mol. The van der Waals surface area contributed by atoms with Crippen LogP contribution in [0, 0.1) is 12.7 Å². The lowest BCUT2D eigenvalue weighted by atomic mass is 10.1. The van der Waals surface area contributed by atoms with Crippen LogP contribution in [0.2, 0.25) is 0 Å². The van der Waals surface area contributed by atoms with Gasteiger partial charge in [0.05, 0.1) is 0 Å². The van der Waals surface area contributed by atoms with E-state index in [4.69, 9.17) is 5.73 Å². The highest BCUT2D eigenvalue weighted by molar-refractivity contribution is 7.98. The molecule has 0 radical (unpaired) electrons. The Kier molecular flexibility index (Phi) is 5.21. The van der Waals surface area contributed by atoms with Crippen LogP contribution in [0.4, 0.5) is 4.39 Å². The first kappa shape index (κ1) is 15.1. The lowest BCUT2D eigenvalue weighted by Gasteiger charge is -2.21. The van der Waals surface area contributed by atoms with E-state index >= 15 is 0 Å². The highest BCUT2D eigenvalue weighted by Gasteiger charge is 2.17. The maximum absolute atomic E-state index is 13.4. The van der Waals surface area contributed by atoms with Gasteiger partial charge in [-0.2, -0.15) is 0 Å². The van der Waals surface area contributed by atoms with E-state index < -0.39 is 0 Å². The summed E-state index contributed by atoms with van der Waals surface area (Å²) in [6, 6.07) is 15.0. The number of thioether (sulfide) groups is 1. The lowest BCUT2D eigenvalue weighted by Crippen LogP contribution is -2.22. The van der Waals surface area contributed by atoms with Crippen LogP contribution in [0.25, 0.3) is 0 Å². The molecular weight excluding hydrogens is 269 g/mol. The molecule has 2 N–H and O–H groups in total. The molecule has 0 aliphatic heterocycles. The zero-order chi connectivity index (χ0) is 14.5. The van der Waals surface area contributed by atoms with Crippen LogP contribution in [-0.4, -0.2) is 6.04 Å². The summed E-state index contributed by atoms with van der Waals surface area (Å²) in [7, 11) is 0. The van der Waals surface area contributed by atoms with Gasteiger partial charge in [0.1, 0.15) is 5.82 Å². The van der Waals surface area contributed by atoms with Crippen molar-refractivity contribution in [2.75, 3.05) is 0 Å². The fourth-order valence-electron chi connectivity index (χ4n) is 2.19. The molecule has 0 aliphatic carbocycles. The molecule has 106 valence electrons. The molecule has 0 saturated carbocycles. The molecule has 0 aliphatic rings.